The highest BCUT2D eigenvalue weighted by Gasteiger charge is 2.17. The Labute approximate surface area is 153 Å². The van der Waals surface area contributed by atoms with Crippen molar-refractivity contribution in [1.29, 1.82) is 0 Å². The summed E-state index contributed by atoms with van der Waals surface area (Å²) in [6.45, 7) is 3.50. The molecule has 0 bridgehead atoms. The molecule has 132 valence electrons. The van der Waals surface area contributed by atoms with E-state index < -0.39 is 0 Å². The molecule has 0 N–H and O–H groups in total. The smallest absolute Gasteiger partial charge is 0.276 e. The van der Waals surface area contributed by atoms with Crippen LogP contribution in [0.2, 0.25) is 0 Å². The van der Waals surface area contributed by atoms with Gasteiger partial charge in [-0.15, -0.1) is 0 Å². The van der Waals surface area contributed by atoms with Crippen molar-refractivity contribution in [2.45, 2.75) is 13.5 Å². The van der Waals surface area contributed by atoms with E-state index in [0.29, 0.717) is 18.2 Å². The molecule has 0 aliphatic rings. The second kappa shape index (κ2) is 8.25. The third-order valence-electron chi connectivity index (χ3n) is 4.19. The van der Waals surface area contributed by atoms with E-state index in [1.165, 1.54) is 5.56 Å². The molecular weight excluding hydrogens is 324 g/mol. The summed E-state index contributed by atoms with van der Waals surface area (Å²) in [6.07, 6.45) is 1.64. The lowest BCUT2D eigenvalue weighted by atomic mass is 10.2. The summed E-state index contributed by atoms with van der Waals surface area (Å²) in [6, 6.07) is 21.3. The Morgan fingerprint density at radius 3 is 2.27 bits per heavy atom. The van der Waals surface area contributed by atoms with Crippen LogP contribution in [-0.4, -0.2) is 29.5 Å². The zero-order chi connectivity index (χ0) is 18.4. The van der Waals surface area contributed by atoms with Crippen molar-refractivity contribution >= 4 is 17.5 Å². The average molecular weight is 346 g/mol. The maximum atomic E-state index is 12.8. The molecule has 0 unspecified atom stereocenters. The van der Waals surface area contributed by atoms with Crippen LogP contribution in [0.25, 0.3) is 0 Å². The summed E-state index contributed by atoms with van der Waals surface area (Å²) >= 11 is 0. The summed E-state index contributed by atoms with van der Waals surface area (Å²) in [4.78, 5) is 25.3. The number of carbonyl (C=O) groups excluding carboxylic acids is 1. The van der Waals surface area contributed by atoms with E-state index in [9.17, 15) is 4.79 Å². The average Bonchev–Trinajstić information content (AvgIpc) is 2.72. The minimum absolute atomic E-state index is 0.157. The van der Waals surface area contributed by atoms with Crippen LogP contribution in [0.15, 0.2) is 72.9 Å². The van der Waals surface area contributed by atoms with Crippen LogP contribution in [-0.2, 0) is 6.54 Å². The maximum Gasteiger partial charge on any atom is 0.276 e. The lowest BCUT2D eigenvalue weighted by Gasteiger charge is -2.22. The molecule has 3 aromatic rings. The van der Waals surface area contributed by atoms with E-state index in [2.05, 4.69) is 33.9 Å². The SMILES string of the molecule is CCN(Cc1ccccc1)c1nccc(C(=O)N(C)c2ccccc2)n1. The van der Waals surface area contributed by atoms with Crippen LogP contribution >= 0.6 is 0 Å². The fraction of sp³-hybridized carbons (Fsp3) is 0.190. The molecule has 0 fully saturated rings. The summed E-state index contributed by atoms with van der Waals surface area (Å²) in [5.41, 5.74) is 2.39. The van der Waals surface area contributed by atoms with Crippen molar-refractivity contribution in [3.63, 3.8) is 0 Å². The predicted octanol–water partition coefficient (Wildman–Crippen LogP) is 3.78. The van der Waals surface area contributed by atoms with Crippen LogP contribution in [0.4, 0.5) is 11.6 Å². The second-order valence-corrected chi connectivity index (χ2v) is 5.94. The Bertz CT molecular complexity index is 852. The lowest BCUT2D eigenvalue weighted by Crippen LogP contribution is -2.29. The van der Waals surface area contributed by atoms with Gasteiger partial charge < -0.3 is 9.80 Å². The molecule has 3 rings (SSSR count). The number of hydrogen-bond acceptors (Lipinski definition) is 4. The van der Waals surface area contributed by atoms with Crippen LogP contribution in [0.5, 0.6) is 0 Å². The van der Waals surface area contributed by atoms with Gasteiger partial charge in [0.1, 0.15) is 5.69 Å². The Hall–Kier alpha value is -3.21. The van der Waals surface area contributed by atoms with E-state index in [4.69, 9.17) is 0 Å². The first-order valence-electron chi connectivity index (χ1n) is 8.64. The Kier molecular flexibility index (Phi) is 5.59. The Morgan fingerprint density at radius 2 is 1.62 bits per heavy atom. The highest BCUT2D eigenvalue weighted by atomic mass is 16.2. The molecule has 2 aromatic carbocycles. The number of para-hydroxylation sites is 1. The molecule has 0 saturated carbocycles. The molecule has 1 heterocycles. The van der Waals surface area contributed by atoms with Crippen LogP contribution in [0.3, 0.4) is 0 Å². The molecular formula is C21H22N4O. The van der Waals surface area contributed by atoms with E-state index in [1.54, 1.807) is 24.2 Å². The minimum Gasteiger partial charge on any atom is -0.337 e. The molecule has 0 radical (unpaired) electrons. The Balaban J connectivity index is 1.81. The standard InChI is InChI=1S/C21H22N4O/c1-3-25(16-17-10-6-4-7-11-17)21-22-15-14-19(23-21)20(26)24(2)18-12-8-5-9-13-18/h4-15H,3,16H2,1-2H3. The molecule has 5 nitrogen and oxygen atoms in total. The van der Waals surface area contributed by atoms with E-state index in [0.717, 1.165) is 12.2 Å². The molecule has 0 aliphatic carbocycles. The molecule has 0 saturated heterocycles. The van der Waals surface area contributed by atoms with Crippen LogP contribution in [0, 0.1) is 0 Å². The zero-order valence-electron chi connectivity index (χ0n) is 15.0. The van der Waals surface area contributed by atoms with Gasteiger partial charge in [-0.3, -0.25) is 4.79 Å². The van der Waals surface area contributed by atoms with E-state index in [-0.39, 0.29) is 5.91 Å². The van der Waals surface area contributed by atoms with E-state index >= 15 is 0 Å². The van der Waals surface area contributed by atoms with Crippen molar-refractivity contribution < 1.29 is 4.79 Å². The minimum atomic E-state index is -0.157. The van der Waals surface area contributed by atoms with Gasteiger partial charge in [-0.2, -0.15) is 0 Å². The van der Waals surface area contributed by atoms with Crippen molar-refractivity contribution in [2.24, 2.45) is 0 Å². The van der Waals surface area contributed by atoms with Crippen LogP contribution < -0.4 is 9.80 Å². The van der Waals surface area contributed by atoms with Gasteiger partial charge in [-0.05, 0) is 30.7 Å². The van der Waals surface area contributed by atoms with Gasteiger partial charge in [0, 0.05) is 32.0 Å². The van der Waals surface area contributed by atoms with Gasteiger partial charge in [-0.1, -0.05) is 48.5 Å². The lowest BCUT2D eigenvalue weighted by molar-refractivity contribution is 0.0988. The number of anilines is 2. The number of benzene rings is 2. The summed E-state index contributed by atoms with van der Waals surface area (Å²) in [5.74, 6) is 0.402. The van der Waals surface area contributed by atoms with E-state index in [1.807, 2.05) is 48.5 Å². The van der Waals surface area contributed by atoms with Gasteiger partial charge in [0.15, 0.2) is 0 Å². The number of carbonyl (C=O) groups is 1. The zero-order valence-corrected chi connectivity index (χ0v) is 15.0. The molecule has 0 atom stereocenters. The van der Waals surface area contributed by atoms with Crippen molar-refractivity contribution in [3.8, 4) is 0 Å². The fourth-order valence-corrected chi connectivity index (χ4v) is 2.69. The highest BCUT2D eigenvalue weighted by molar-refractivity contribution is 6.04. The van der Waals surface area contributed by atoms with Gasteiger partial charge in [0.25, 0.3) is 5.91 Å². The fourth-order valence-electron chi connectivity index (χ4n) is 2.69. The monoisotopic (exact) mass is 346 g/mol. The first-order valence-corrected chi connectivity index (χ1v) is 8.64. The highest BCUT2D eigenvalue weighted by Crippen LogP contribution is 2.16. The third kappa shape index (κ3) is 4.06. The normalized spacial score (nSPS) is 10.4. The number of aromatic nitrogens is 2. The Morgan fingerprint density at radius 1 is 0.962 bits per heavy atom. The number of amides is 1. The second-order valence-electron chi connectivity index (χ2n) is 5.94. The third-order valence-corrected chi connectivity index (χ3v) is 4.19. The molecule has 0 aliphatic heterocycles. The van der Waals surface area contributed by atoms with Crippen molar-refractivity contribution in [2.75, 3.05) is 23.4 Å². The largest absolute Gasteiger partial charge is 0.337 e. The predicted molar refractivity (Wildman–Crippen MR) is 104 cm³/mol. The van der Waals surface area contributed by atoms with Gasteiger partial charge >= 0.3 is 0 Å². The van der Waals surface area contributed by atoms with Gasteiger partial charge in [-0.25, -0.2) is 9.97 Å². The van der Waals surface area contributed by atoms with Crippen molar-refractivity contribution in [3.05, 3.63) is 84.2 Å². The van der Waals surface area contributed by atoms with Gasteiger partial charge in [0.05, 0.1) is 0 Å². The molecule has 5 heteroatoms. The first-order chi connectivity index (χ1) is 12.7. The molecule has 1 aromatic heterocycles. The number of rotatable bonds is 6. The summed E-state index contributed by atoms with van der Waals surface area (Å²) < 4.78 is 0. The maximum absolute atomic E-state index is 12.8. The first kappa shape index (κ1) is 17.6. The summed E-state index contributed by atoms with van der Waals surface area (Å²) in [5, 5.41) is 0. The molecule has 26 heavy (non-hydrogen) atoms. The number of hydrogen-bond donors (Lipinski definition) is 0. The quantitative estimate of drug-likeness (QED) is 0.681. The van der Waals surface area contributed by atoms with Crippen LogP contribution in [0.1, 0.15) is 23.0 Å². The summed E-state index contributed by atoms with van der Waals surface area (Å²) in [7, 11) is 1.75. The molecule has 1 amide bonds. The topological polar surface area (TPSA) is 49.3 Å². The van der Waals surface area contributed by atoms with Crippen molar-refractivity contribution in [1.82, 2.24) is 9.97 Å². The van der Waals surface area contributed by atoms with Gasteiger partial charge in [0.2, 0.25) is 5.95 Å². The molecule has 0 spiro atoms. The number of nitrogens with zero attached hydrogens (tertiary/aromatic N) is 4.